The largest absolute Gasteiger partial charge is 0.474 e. The average molecular weight is 293 g/mol. The third-order valence-electron chi connectivity index (χ3n) is 4.19. The molecule has 21 heavy (non-hydrogen) atoms. The van der Waals surface area contributed by atoms with E-state index in [0.29, 0.717) is 30.1 Å². The molecule has 1 heterocycles. The van der Waals surface area contributed by atoms with Gasteiger partial charge in [0.15, 0.2) is 0 Å². The number of hydrogen-bond acceptors (Lipinski definition) is 5. The summed E-state index contributed by atoms with van der Waals surface area (Å²) in [6.07, 6.45) is 3.18. The van der Waals surface area contributed by atoms with Crippen molar-refractivity contribution in [2.24, 2.45) is 11.8 Å². The normalized spacial score (nSPS) is 25.4. The van der Waals surface area contributed by atoms with E-state index in [4.69, 9.17) is 4.74 Å². The van der Waals surface area contributed by atoms with Crippen molar-refractivity contribution in [1.82, 2.24) is 4.98 Å². The van der Waals surface area contributed by atoms with Crippen LogP contribution in [0.2, 0.25) is 0 Å². The summed E-state index contributed by atoms with van der Waals surface area (Å²) in [7, 11) is 0. The minimum Gasteiger partial charge on any atom is -0.474 e. The van der Waals surface area contributed by atoms with E-state index in [1.165, 1.54) is 12.1 Å². The molecule has 1 fully saturated rings. The molecule has 1 aromatic heterocycles. The van der Waals surface area contributed by atoms with Crippen LogP contribution in [0.5, 0.6) is 5.88 Å². The van der Waals surface area contributed by atoms with Crippen molar-refractivity contribution in [1.29, 1.82) is 0 Å². The molecule has 0 amide bonds. The van der Waals surface area contributed by atoms with E-state index in [1.54, 1.807) is 0 Å². The lowest BCUT2D eigenvalue weighted by Crippen LogP contribution is -2.29. The Morgan fingerprint density at radius 1 is 1.38 bits per heavy atom. The van der Waals surface area contributed by atoms with Gasteiger partial charge in [0.25, 0.3) is 5.69 Å². The van der Waals surface area contributed by atoms with Crippen molar-refractivity contribution >= 4 is 11.5 Å². The van der Waals surface area contributed by atoms with Crippen molar-refractivity contribution in [3.05, 3.63) is 22.2 Å². The van der Waals surface area contributed by atoms with Crippen molar-refractivity contribution in [3.63, 3.8) is 0 Å². The Labute approximate surface area is 125 Å². The molecule has 0 aromatic carbocycles. The summed E-state index contributed by atoms with van der Waals surface area (Å²) < 4.78 is 5.90. The Bertz CT molecular complexity index is 507. The summed E-state index contributed by atoms with van der Waals surface area (Å²) in [6, 6.07) is 2.84. The Morgan fingerprint density at radius 3 is 2.76 bits per heavy atom. The van der Waals surface area contributed by atoms with Gasteiger partial charge in [-0.2, -0.15) is 4.98 Å². The first-order chi connectivity index (χ1) is 9.99. The molecule has 0 bridgehead atoms. The molecule has 0 spiro atoms. The maximum absolute atomic E-state index is 11.0. The highest BCUT2D eigenvalue weighted by molar-refractivity contribution is 5.48. The lowest BCUT2D eigenvalue weighted by Gasteiger charge is -2.31. The van der Waals surface area contributed by atoms with Gasteiger partial charge < -0.3 is 10.1 Å². The van der Waals surface area contributed by atoms with Gasteiger partial charge in [0.2, 0.25) is 5.88 Å². The van der Waals surface area contributed by atoms with Gasteiger partial charge in [0, 0.05) is 6.54 Å². The molecule has 116 valence electrons. The molecule has 1 aliphatic rings. The standard InChI is InChI=1S/C15H23N3O3/c1-4-16-14-8-12(18(19)20)9-15(17-14)21-13-6-5-10(2)11(3)7-13/h8-11,13H,4-7H2,1-3H3,(H,16,17). The molecule has 0 saturated heterocycles. The zero-order valence-electron chi connectivity index (χ0n) is 12.8. The summed E-state index contributed by atoms with van der Waals surface area (Å²) in [5.41, 5.74) is 0.00757. The van der Waals surface area contributed by atoms with E-state index in [2.05, 4.69) is 24.1 Å². The summed E-state index contributed by atoms with van der Waals surface area (Å²) in [4.78, 5) is 14.9. The first-order valence-electron chi connectivity index (χ1n) is 7.56. The minimum absolute atomic E-state index is 0.00757. The fourth-order valence-corrected chi connectivity index (χ4v) is 2.70. The molecule has 1 N–H and O–H groups in total. The van der Waals surface area contributed by atoms with Crippen molar-refractivity contribution in [2.45, 2.75) is 46.1 Å². The molecular weight excluding hydrogens is 270 g/mol. The Kier molecular flexibility index (Phi) is 4.98. The maximum atomic E-state index is 11.0. The molecule has 3 unspecified atom stereocenters. The van der Waals surface area contributed by atoms with Crippen LogP contribution in [0.4, 0.5) is 11.5 Å². The van der Waals surface area contributed by atoms with Crippen LogP contribution in [-0.4, -0.2) is 22.6 Å². The van der Waals surface area contributed by atoms with Crippen LogP contribution in [0.15, 0.2) is 12.1 Å². The van der Waals surface area contributed by atoms with Gasteiger partial charge in [0.05, 0.1) is 17.1 Å². The predicted molar refractivity (Wildman–Crippen MR) is 81.7 cm³/mol. The first-order valence-corrected chi connectivity index (χ1v) is 7.56. The van der Waals surface area contributed by atoms with Crippen LogP contribution in [0.25, 0.3) is 0 Å². The molecular formula is C15H23N3O3. The number of aromatic nitrogens is 1. The summed E-state index contributed by atoms with van der Waals surface area (Å²) in [5.74, 6) is 2.14. The van der Waals surface area contributed by atoms with E-state index in [0.717, 1.165) is 19.3 Å². The molecule has 1 saturated carbocycles. The molecule has 1 aromatic rings. The first kappa shape index (κ1) is 15.5. The molecule has 0 radical (unpaired) electrons. The number of pyridine rings is 1. The number of rotatable bonds is 5. The zero-order valence-corrected chi connectivity index (χ0v) is 12.8. The van der Waals surface area contributed by atoms with Crippen molar-refractivity contribution in [2.75, 3.05) is 11.9 Å². The molecule has 0 aliphatic heterocycles. The van der Waals surface area contributed by atoms with Crippen LogP contribution < -0.4 is 10.1 Å². The molecule has 6 heteroatoms. The third-order valence-corrected chi connectivity index (χ3v) is 4.19. The monoisotopic (exact) mass is 293 g/mol. The van der Waals surface area contributed by atoms with Crippen molar-refractivity contribution in [3.8, 4) is 5.88 Å². The second-order valence-corrected chi connectivity index (χ2v) is 5.84. The van der Waals surface area contributed by atoms with E-state index >= 15 is 0 Å². The molecule has 1 aliphatic carbocycles. The number of ether oxygens (including phenoxy) is 1. The highest BCUT2D eigenvalue weighted by Gasteiger charge is 2.26. The van der Waals surface area contributed by atoms with Crippen LogP contribution in [0.1, 0.15) is 40.0 Å². The van der Waals surface area contributed by atoms with Crippen LogP contribution >= 0.6 is 0 Å². The molecule has 2 rings (SSSR count). The zero-order chi connectivity index (χ0) is 15.4. The lowest BCUT2D eigenvalue weighted by atomic mass is 9.80. The highest BCUT2D eigenvalue weighted by atomic mass is 16.6. The SMILES string of the molecule is CCNc1cc([N+](=O)[O-])cc(OC2CCC(C)C(C)C2)n1. The summed E-state index contributed by atoms with van der Waals surface area (Å²) >= 11 is 0. The second-order valence-electron chi connectivity index (χ2n) is 5.84. The van der Waals surface area contributed by atoms with Gasteiger partial charge in [-0.3, -0.25) is 10.1 Å². The van der Waals surface area contributed by atoms with E-state index < -0.39 is 4.92 Å². The van der Waals surface area contributed by atoms with E-state index in [-0.39, 0.29) is 11.8 Å². The average Bonchev–Trinajstić information content (AvgIpc) is 2.43. The number of anilines is 1. The van der Waals surface area contributed by atoms with Crippen LogP contribution in [0.3, 0.4) is 0 Å². The Hall–Kier alpha value is -1.85. The van der Waals surface area contributed by atoms with E-state index in [1.807, 2.05) is 6.92 Å². The topological polar surface area (TPSA) is 77.3 Å². The van der Waals surface area contributed by atoms with Crippen molar-refractivity contribution < 1.29 is 9.66 Å². The smallest absolute Gasteiger partial charge is 0.278 e. The van der Waals surface area contributed by atoms with Crippen LogP contribution in [-0.2, 0) is 0 Å². The van der Waals surface area contributed by atoms with Gasteiger partial charge >= 0.3 is 0 Å². The number of nitrogens with zero attached hydrogens (tertiary/aromatic N) is 2. The maximum Gasteiger partial charge on any atom is 0.278 e. The summed E-state index contributed by atoms with van der Waals surface area (Å²) in [5, 5.41) is 14.0. The quantitative estimate of drug-likeness (QED) is 0.662. The van der Waals surface area contributed by atoms with Gasteiger partial charge in [0.1, 0.15) is 11.9 Å². The summed E-state index contributed by atoms with van der Waals surface area (Å²) in [6.45, 7) is 7.07. The van der Waals surface area contributed by atoms with E-state index in [9.17, 15) is 10.1 Å². The second kappa shape index (κ2) is 6.74. The fourth-order valence-electron chi connectivity index (χ4n) is 2.70. The van der Waals surface area contributed by atoms with Gasteiger partial charge in [-0.1, -0.05) is 13.8 Å². The number of nitrogens with one attached hydrogen (secondary N) is 1. The van der Waals surface area contributed by atoms with Crippen LogP contribution in [0, 0.1) is 22.0 Å². The molecule has 6 nitrogen and oxygen atoms in total. The number of hydrogen-bond donors (Lipinski definition) is 1. The Morgan fingerprint density at radius 2 is 2.14 bits per heavy atom. The fraction of sp³-hybridized carbons (Fsp3) is 0.667. The third kappa shape index (κ3) is 4.06. The van der Waals surface area contributed by atoms with Gasteiger partial charge in [-0.05, 0) is 38.0 Å². The minimum atomic E-state index is -0.416. The number of nitro groups is 1. The van der Waals surface area contributed by atoms with Gasteiger partial charge in [-0.15, -0.1) is 0 Å². The molecule has 3 atom stereocenters. The highest BCUT2D eigenvalue weighted by Crippen LogP contribution is 2.32. The Balaban J connectivity index is 2.13. The van der Waals surface area contributed by atoms with Gasteiger partial charge in [-0.25, -0.2) is 0 Å². The lowest BCUT2D eigenvalue weighted by molar-refractivity contribution is -0.384. The predicted octanol–water partition coefficient (Wildman–Crippen LogP) is 3.63.